The van der Waals surface area contributed by atoms with Crippen LogP contribution in [0, 0.1) is 17.8 Å². The molecule has 0 spiro atoms. The molecule has 2 N–H and O–H groups in total. The summed E-state index contributed by atoms with van der Waals surface area (Å²) >= 11 is 0. The van der Waals surface area contributed by atoms with Crippen LogP contribution in [0.15, 0.2) is 42.5 Å². The molecule has 1 aromatic carbocycles. The Balaban J connectivity index is 1.31. The normalized spacial score (nSPS) is 24.8. The second-order valence-corrected chi connectivity index (χ2v) is 12.8. The summed E-state index contributed by atoms with van der Waals surface area (Å²) in [7, 11) is 0. The second-order valence-electron chi connectivity index (χ2n) is 12.8. The monoisotopic (exact) mass is 616 g/mol. The van der Waals surface area contributed by atoms with E-state index >= 15 is 0 Å². The van der Waals surface area contributed by atoms with Crippen LogP contribution in [0.5, 0.6) is 11.5 Å². The molecule has 1 aromatic rings. The zero-order valence-electron chi connectivity index (χ0n) is 26.1. The predicted octanol–water partition coefficient (Wildman–Crippen LogP) is 3.91. The van der Waals surface area contributed by atoms with Crippen molar-refractivity contribution < 1.29 is 48.2 Å². The van der Waals surface area contributed by atoms with Crippen molar-refractivity contribution in [2.75, 3.05) is 52.9 Å². The maximum atomic E-state index is 11.5. The topological polar surface area (TPSA) is 130 Å². The third-order valence-electron chi connectivity index (χ3n) is 8.67. The summed E-state index contributed by atoms with van der Waals surface area (Å²) in [4.78, 5) is 22.9. The van der Waals surface area contributed by atoms with Crippen molar-refractivity contribution in [3.63, 3.8) is 0 Å². The highest BCUT2D eigenvalue weighted by molar-refractivity contribution is 5.87. The Hall–Kier alpha value is -2.92. The van der Waals surface area contributed by atoms with Crippen LogP contribution < -0.4 is 9.47 Å². The molecule has 0 heterocycles. The Morgan fingerprint density at radius 3 is 1.73 bits per heavy atom. The van der Waals surface area contributed by atoms with Crippen molar-refractivity contribution in [1.29, 1.82) is 0 Å². The molecule has 10 heteroatoms. The summed E-state index contributed by atoms with van der Waals surface area (Å²) in [6, 6.07) is 5.77. The van der Waals surface area contributed by atoms with Crippen molar-refractivity contribution in [3.05, 3.63) is 48.1 Å². The fourth-order valence-electron chi connectivity index (χ4n) is 7.13. The summed E-state index contributed by atoms with van der Waals surface area (Å²) in [5, 5.41) is 20.9. The standard InChI is InChI=1S/C34H48O10/c1-22(2)32(37)41-9-7-39-18-27(35)20-43-29-5-6-31(44-21-28(36)19-40-8-10-42-33(38)23(3)4)30(14-29)34-15-24-11-25(16-34)13-26(12-24)17-34/h5-6,14,24-28,35-36H,1,3,7-13,15-21H2,2,4H3. The van der Waals surface area contributed by atoms with E-state index in [1.807, 2.05) is 18.2 Å². The maximum absolute atomic E-state index is 11.5. The van der Waals surface area contributed by atoms with Gasteiger partial charge in [0.15, 0.2) is 0 Å². The second kappa shape index (κ2) is 15.9. The van der Waals surface area contributed by atoms with E-state index in [1.54, 1.807) is 13.8 Å². The number of carbonyl (C=O) groups excluding carboxylic acids is 2. The van der Waals surface area contributed by atoms with E-state index in [1.165, 1.54) is 19.3 Å². The molecule has 4 aliphatic rings. The van der Waals surface area contributed by atoms with Crippen LogP contribution >= 0.6 is 0 Å². The van der Waals surface area contributed by atoms with Crippen LogP contribution in [0.2, 0.25) is 0 Å². The van der Waals surface area contributed by atoms with Gasteiger partial charge in [-0.15, -0.1) is 0 Å². The highest BCUT2D eigenvalue weighted by Crippen LogP contribution is 2.62. The van der Waals surface area contributed by atoms with Crippen LogP contribution in [-0.2, 0) is 34.0 Å². The van der Waals surface area contributed by atoms with Gasteiger partial charge in [-0.2, -0.15) is 0 Å². The van der Waals surface area contributed by atoms with E-state index in [-0.39, 0.29) is 58.3 Å². The first-order valence-electron chi connectivity index (χ1n) is 15.6. The van der Waals surface area contributed by atoms with Crippen LogP contribution in [0.1, 0.15) is 57.9 Å². The SMILES string of the molecule is C=C(C)C(=O)OCCOCC(O)COc1ccc(OCC(O)COCCOC(=O)C(=C)C)c(C23CC4CC(CC(C4)C2)C3)c1. The molecule has 0 aliphatic heterocycles. The maximum Gasteiger partial charge on any atom is 0.333 e. The van der Waals surface area contributed by atoms with Gasteiger partial charge in [0.05, 0.1) is 26.4 Å². The molecule has 244 valence electrons. The third-order valence-corrected chi connectivity index (χ3v) is 8.67. The molecular formula is C34H48O10. The number of aliphatic hydroxyl groups excluding tert-OH is 2. The van der Waals surface area contributed by atoms with Crippen molar-refractivity contribution in [3.8, 4) is 11.5 Å². The number of esters is 2. The molecule has 2 atom stereocenters. The summed E-state index contributed by atoms with van der Waals surface area (Å²) in [5.74, 6) is 2.62. The fourth-order valence-corrected chi connectivity index (χ4v) is 7.13. The van der Waals surface area contributed by atoms with Crippen LogP contribution in [0.3, 0.4) is 0 Å². The number of benzene rings is 1. The number of rotatable bonds is 19. The van der Waals surface area contributed by atoms with Gasteiger partial charge >= 0.3 is 11.9 Å². The van der Waals surface area contributed by atoms with Crippen LogP contribution in [0.4, 0.5) is 0 Å². The van der Waals surface area contributed by atoms with Crippen molar-refractivity contribution in [2.24, 2.45) is 17.8 Å². The van der Waals surface area contributed by atoms with E-state index in [4.69, 9.17) is 28.4 Å². The molecule has 2 unspecified atom stereocenters. The first kappa shape index (κ1) is 34.0. The Kier molecular flexibility index (Phi) is 12.3. The minimum atomic E-state index is -0.856. The minimum Gasteiger partial charge on any atom is -0.491 e. The smallest absolute Gasteiger partial charge is 0.333 e. The van der Waals surface area contributed by atoms with Crippen molar-refractivity contribution in [2.45, 2.75) is 70.0 Å². The van der Waals surface area contributed by atoms with Gasteiger partial charge < -0.3 is 38.6 Å². The van der Waals surface area contributed by atoms with Gasteiger partial charge in [0.1, 0.15) is 50.1 Å². The Labute approximate surface area is 260 Å². The zero-order valence-corrected chi connectivity index (χ0v) is 26.1. The molecule has 4 fully saturated rings. The van der Waals surface area contributed by atoms with Crippen LogP contribution in [-0.4, -0.2) is 87.2 Å². The van der Waals surface area contributed by atoms with Crippen molar-refractivity contribution >= 4 is 11.9 Å². The van der Waals surface area contributed by atoms with Gasteiger partial charge in [0.2, 0.25) is 0 Å². The lowest BCUT2D eigenvalue weighted by atomic mass is 9.48. The fraction of sp³-hybridized carbons (Fsp3) is 0.647. The minimum absolute atomic E-state index is 0.0149. The number of ether oxygens (including phenoxy) is 6. The van der Waals surface area contributed by atoms with Gasteiger partial charge in [-0.25, -0.2) is 9.59 Å². The molecule has 4 saturated carbocycles. The number of aliphatic hydroxyl groups is 2. The lowest BCUT2D eigenvalue weighted by Gasteiger charge is -2.57. The lowest BCUT2D eigenvalue weighted by Crippen LogP contribution is -2.48. The number of hydrogen-bond donors (Lipinski definition) is 2. The van der Waals surface area contributed by atoms with Gasteiger partial charge in [0, 0.05) is 16.7 Å². The summed E-state index contributed by atoms with van der Waals surface area (Å²) in [5.41, 5.74) is 1.77. The molecule has 0 amide bonds. The highest BCUT2D eigenvalue weighted by atomic mass is 16.6. The quantitative estimate of drug-likeness (QED) is 0.134. The third kappa shape index (κ3) is 9.54. The van der Waals surface area contributed by atoms with Gasteiger partial charge in [0.25, 0.3) is 0 Å². The van der Waals surface area contributed by atoms with E-state index < -0.39 is 24.1 Å². The first-order valence-corrected chi connectivity index (χ1v) is 15.6. The zero-order chi connectivity index (χ0) is 31.7. The molecule has 0 radical (unpaired) electrons. The molecule has 10 nitrogen and oxygen atoms in total. The molecule has 4 aliphatic carbocycles. The molecule has 5 rings (SSSR count). The van der Waals surface area contributed by atoms with E-state index in [2.05, 4.69) is 13.2 Å². The predicted molar refractivity (Wildman–Crippen MR) is 162 cm³/mol. The largest absolute Gasteiger partial charge is 0.491 e. The average Bonchev–Trinajstić information content (AvgIpc) is 2.97. The Morgan fingerprint density at radius 1 is 0.773 bits per heavy atom. The molecule has 0 saturated heterocycles. The Bertz CT molecular complexity index is 1130. The van der Waals surface area contributed by atoms with E-state index in [9.17, 15) is 19.8 Å². The van der Waals surface area contributed by atoms with E-state index in [0.717, 1.165) is 48.3 Å². The first-order chi connectivity index (χ1) is 21.0. The van der Waals surface area contributed by atoms with E-state index in [0.29, 0.717) is 16.9 Å². The summed E-state index contributed by atoms with van der Waals surface area (Å²) in [6.45, 7) is 10.9. The van der Waals surface area contributed by atoms with Crippen LogP contribution in [0.25, 0.3) is 0 Å². The molecule has 4 bridgehead atoms. The number of hydrogen-bond acceptors (Lipinski definition) is 10. The molecular weight excluding hydrogens is 568 g/mol. The summed E-state index contributed by atoms with van der Waals surface area (Å²) in [6.07, 6.45) is 5.59. The lowest BCUT2D eigenvalue weighted by molar-refractivity contribution is -0.141. The number of carbonyl (C=O) groups is 2. The highest BCUT2D eigenvalue weighted by Gasteiger charge is 2.52. The Morgan fingerprint density at radius 2 is 1.25 bits per heavy atom. The average molecular weight is 617 g/mol. The summed E-state index contributed by atoms with van der Waals surface area (Å²) < 4.78 is 33.1. The molecule has 0 aromatic heterocycles. The molecule has 44 heavy (non-hydrogen) atoms. The van der Waals surface area contributed by atoms with Crippen molar-refractivity contribution in [1.82, 2.24) is 0 Å². The van der Waals surface area contributed by atoms with Gasteiger partial charge in [-0.3, -0.25) is 0 Å². The van der Waals surface area contributed by atoms with Gasteiger partial charge in [-0.1, -0.05) is 13.2 Å². The van der Waals surface area contributed by atoms with Gasteiger partial charge in [-0.05, 0) is 93.7 Å².